The van der Waals surface area contributed by atoms with Gasteiger partial charge in [0.05, 0.1) is 6.61 Å². The maximum Gasteiger partial charge on any atom is 0.318 e. The molecule has 7 atom stereocenters. The lowest BCUT2D eigenvalue weighted by Gasteiger charge is -2.65. The average Bonchev–Trinajstić information content (AvgIpc) is 2.83. The van der Waals surface area contributed by atoms with Crippen molar-refractivity contribution in [2.45, 2.75) is 57.8 Å². The van der Waals surface area contributed by atoms with E-state index < -0.39 is 11.2 Å². The number of aliphatic hydroxyl groups is 1. The van der Waals surface area contributed by atoms with Crippen LogP contribution in [-0.2, 0) is 14.3 Å². The molecule has 4 nitrogen and oxygen atoms in total. The summed E-state index contributed by atoms with van der Waals surface area (Å²) >= 11 is 0. The summed E-state index contributed by atoms with van der Waals surface area (Å²) in [5.74, 6) is -1.18. The first kappa shape index (κ1) is 15.2. The van der Waals surface area contributed by atoms with Crippen LogP contribution < -0.4 is 0 Å². The van der Waals surface area contributed by atoms with Gasteiger partial charge in [-0.25, -0.2) is 0 Å². The highest BCUT2D eigenvalue weighted by Crippen LogP contribution is 2.71. The molecule has 2 saturated carbocycles. The van der Waals surface area contributed by atoms with E-state index in [0.29, 0.717) is 18.9 Å². The van der Waals surface area contributed by atoms with Gasteiger partial charge in [0.15, 0.2) is 5.79 Å². The molecular formula is C20H26O4. The number of hydrogen-bond donors (Lipinski definition) is 1. The number of esters is 1. The quantitative estimate of drug-likeness (QED) is 0.593. The fraction of sp³-hybridized carbons (Fsp3) is 0.750. The number of carbonyl (C=O) groups excluding carboxylic acids is 1. The average molecular weight is 330 g/mol. The second-order valence-electron chi connectivity index (χ2n) is 9.22. The largest absolute Gasteiger partial charge is 0.457 e. The molecule has 0 radical (unpaired) electrons. The zero-order valence-electron chi connectivity index (χ0n) is 14.5. The molecule has 130 valence electrons. The van der Waals surface area contributed by atoms with Crippen molar-refractivity contribution < 1.29 is 19.4 Å². The lowest BCUT2D eigenvalue weighted by Crippen LogP contribution is -2.71. The van der Waals surface area contributed by atoms with Gasteiger partial charge in [0.2, 0.25) is 0 Å². The lowest BCUT2D eigenvalue weighted by molar-refractivity contribution is -0.367. The first-order valence-corrected chi connectivity index (χ1v) is 9.20. The zero-order chi connectivity index (χ0) is 17.0. The third-order valence-corrected chi connectivity index (χ3v) is 8.18. The summed E-state index contributed by atoms with van der Waals surface area (Å²) < 4.78 is 11.8. The van der Waals surface area contributed by atoms with Crippen LogP contribution in [-0.4, -0.2) is 29.6 Å². The maximum absolute atomic E-state index is 12.7. The normalized spacial score (nSPS) is 57.7. The molecule has 4 heteroatoms. The highest BCUT2D eigenvalue weighted by atomic mass is 16.6. The van der Waals surface area contributed by atoms with E-state index in [0.717, 1.165) is 25.7 Å². The second-order valence-corrected chi connectivity index (χ2v) is 9.22. The Morgan fingerprint density at radius 3 is 2.79 bits per heavy atom. The van der Waals surface area contributed by atoms with Crippen molar-refractivity contribution in [3.63, 3.8) is 0 Å². The molecule has 1 spiro atoms. The number of hydrogen-bond acceptors (Lipinski definition) is 4. The van der Waals surface area contributed by atoms with Crippen molar-refractivity contribution in [3.8, 4) is 0 Å². The molecule has 6 rings (SSSR count). The maximum atomic E-state index is 12.7. The van der Waals surface area contributed by atoms with Crippen molar-refractivity contribution in [2.24, 2.45) is 28.1 Å². The third kappa shape index (κ3) is 1.43. The molecule has 3 heterocycles. The van der Waals surface area contributed by atoms with E-state index >= 15 is 0 Å². The first-order chi connectivity index (χ1) is 11.3. The molecular weight excluding hydrogens is 304 g/mol. The fourth-order valence-corrected chi connectivity index (χ4v) is 6.71. The summed E-state index contributed by atoms with van der Waals surface area (Å²) in [6, 6.07) is 0. The topological polar surface area (TPSA) is 55.8 Å². The first-order valence-electron chi connectivity index (χ1n) is 9.20. The zero-order valence-corrected chi connectivity index (χ0v) is 14.5. The Labute approximate surface area is 142 Å². The summed E-state index contributed by atoms with van der Waals surface area (Å²) in [5, 5.41) is 11.0. The monoisotopic (exact) mass is 330 g/mol. The molecule has 0 aromatic rings. The van der Waals surface area contributed by atoms with Crippen LogP contribution >= 0.6 is 0 Å². The summed E-state index contributed by atoms with van der Waals surface area (Å²) in [5.41, 5.74) is 0.540. The van der Waals surface area contributed by atoms with Crippen LogP contribution in [0.15, 0.2) is 24.3 Å². The second kappa shape index (κ2) is 4.16. The molecule has 5 fully saturated rings. The van der Waals surface area contributed by atoms with Crippen LogP contribution in [0, 0.1) is 28.1 Å². The summed E-state index contributed by atoms with van der Waals surface area (Å²) in [6.45, 7) is 8.71. The minimum atomic E-state index is -1.36. The molecule has 1 N–H and O–H groups in total. The summed E-state index contributed by atoms with van der Waals surface area (Å²) in [6.07, 6.45) is 8.73. The number of ether oxygens (including phenoxy) is 2. The third-order valence-electron chi connectivity index (χ3n) is 8.18. The van der Waals surface area contributed by atoms with Gasteiger partial charge >= 0.3 is 5.97 Å². The molecule has 3 aliphatic heterocycles. The Morgan fingerprint density at radius 1 is 1.33 bits per heavy atom. The summed E-state index contributed by atoms with van der Waals surface area (Å²) in [4.78, 5) is 12.7. The minimum absolute atomic E-state index is 0.0341. The van der Waals surface area contributed by atoms with Crippen molar-refractivity contribution in [2.75, 3.05) is 6.61 Å². The van der Waals surface area contributed by atoms with E-state index in [1.807, 2.05) is 6.92 Å². The SMILES string of the molecule is C=C[C@]1(C)CC[C@H]2C(=C[C@@H]3OC(=O)[C@]4(C)[C@H]3[C@]23CC[C@]4(O)OC3)C1. The Morgan fingerprint density at radius 2 is 2.12 bits per heavy atom. The van der Waals surface area contributed by atoms with Crippen molar-refractivity contribution in [1.29, 1.82) is 0 Å². The number of rotatable bonds is 1. The van der Waals surface area contributed by atoms with Gasteiger partial charge in [-0.3, -0.25) is 4.79 Å². The van der Waals surface area contributed by atoms with E-state index in [-0.39, 0.29) is 28.8 Å². The van der Waals surface area contributed by atoms with Crippen LogP contribution in [0.4, 0.5) is 0 Å². The Kier molecular flexibility index (Phi) is 2.62. The Hall–Kier alpha value is -1.13. The Bertz CT molecular complexity index is 671. The van der Waals surface area contributed by atoms with Crippen molar-refractivity contribution in [1.82, 2.24) is 0 Å². The van der Waals surface area contributed by atoms with Crippen LogP contribution in [0.2, 0.25) is 0 Å². The minimum Gasteiger partial charge on any atom is -0.457 e. The summed E-state index contributed by atoms with van der Waals surface area (Å²) in [7, 11) is 0. The van der Waals surface area contributed by atoms with E-state index in [9.17, 15) is 9.90 Å². The van der Waals surface area contributed by atoms with Crippen LogP contribution in [0.25, 0.3) is 0 Å². The smallest absolute Gasteiger partial charge is 0.318 e. The predicted octanol–water partition coefficient (Wildman–Crippen LogP) is 2.97. The fourth-order valence-electron chi connectivity index (χ4n) is 6.71. The van der Waals surface area contributed by atoms with E-state index in [2.05, 4.69) is 25.7 Å². The Balaban J connectivity index is 1.67. The molecule has 0 amide bonds. The molecule has 3 aliphatic carbocycles. The van der Waals surface area contributed by atoms with Gasteiger partial charge in [0.25, 0.3) is 0 Å². The molecule has 0 aromatic heterocycles. The van der Waals surface area contributed by atoms with E-state index in [1.165, 1.54) is 5.57 Å². The molecule has 3 saturated heterocycles. The number of carbonyl (C=O) groups is 1. The van der Waals surface area contributed by atoms with Crippen LogP contribution in [0.1, 0.15) is 46.0 Å². The van der Waals surface area contributed by atoms with Gasteiger partial charge in [-0.05, 0) is 50.0 Å². The van der Waals surface area contributed by atoms with E-state index in [4.69, 9.17) is 9.47 Å². The molecule has 0 aromatic carbocycles. The van der Waals surface area contributed by atoms with Gasteiger partial charge in [0.1, 0.15) is 11.5 Å². The highest BCUT2D eigenvalue weighted by molar-refractivity contribution is 5.82. The standard InChI is InChI=1S/C20H26O4/c1-4-17(2)6-5-13-12(10-17)9-14-15-18(3,16(21)24-14)20(22)8-7-19(13,15)11-23-20/h4,9,13-15,22H,1,5-8,10-11H2,2-3H3/t13-,14-,15-,17+,18-,19-,20-/m0/s1. The van der Waals surface area contributed by atoms with Gasteiger partial charge in [-0.2, -0.15) is 0 Å². The van der Waals surface area contributed by atoms with Gasteiger partial charge in [-0.1, -0.05) is 18.6 Å². The molecule has 2 bridgehead atoms. The van der Waals surface area contributed by atoms with Crippen molar-refractivity contribution >= 4 is 5.97 Å². The lowest BCUT2D eigenvalue weighted by atomic mass is 9.42. The van der Waals surface area contributed by atoms with Crippen LogP contribution in [0.3, 0.4) is 0 Å². The van der Waals surface area contributed by atoms with Gasteiger partial charge < -0.3 is 14.6 Å². The van der Waals surface area contributed by atoms with Crippen molar-refractivity contribution in [3.05, 3.63) is 24.3 Å². The number of fused-ring (bicyclic) bond motifs is 3. The molecule has 24 heavy (non-hydrogen) atoms. The highest BCUT2D eigenvalue weighted by Gasteiger charge is 2.78. The number of allylic oxidation sites excluding steroid dienone is 2. The molecule has 0 unspecified atom stereocenters. The molecule has 6 aliphatic rings. The van der Waals surface area contributed by atoms with Gasteiger partial charge in [-0.15, -0.1) is 6.58 Å². The predicted molar refractivity (Wildman–Crippen MR) is 87.8 cm³/mol. The van der Waals surface area contributed by atoms with Crippen LogP contribution in [0.5, 0.6) is 0 Å². The van der Waals surface area contributed by atoms with E-state index in [1.54, 1.807) is 0 Å². The van der Waals surface area contributed by atoms with Gasteiger partial charge in [0, 0.05) is 17.8 Å².